The van der Waals surface area contributed by atoms with Gasteiger partial charge in [-0.15, -0.1) is 0 Å². The molecule has 2 aromatic rings. The molecule has 0 spiro atoms. The number of amides is 1. The monoisotopic (exact) mass is 464 g/mol. The van der Waals surface area contributed by atoms with Gasteiger partial charge in [0.1, 0.15) is 16.3 Å². The third kappa shape index (κ3) is 5.52. The molecule has 2 aromatic carbocycles. The number of morpholine rings is 1. The molecule has 1 aliphatic heterocycles. The quantitative estimate of drug-likeness (QED) is 0.425. The zero-order chi connectivity index (χ0) is 23.1. The lowest BCUT2D eigenvalue weighted by Crippen LogP contribution is -2.40. The van der Waals surface area contributed by atoms with Crippen molar-refractivity contribution in [3.05, 3.63) is 52.6 Å². The van der Waals surface area contributed by atoms with Crippen LogP contribution < -0.4 is 15.4 Å². The summed E-state index contributed by atoms with van der Waals surface area (Å²) in [7, 11) is -3.86. The average molecular weight is 465 g/mol. The highest BCUT2D eigenvalue weighted by Crippen LogP contribution is 2.30. The molecule has 0 unspecified atom stereocenters. The van der Waals surface area contributed by atoms with E-state index < -0.39 is 20.9 Å². The van der Waals surface area contributed by atoms with Crippen LogP contribution in [0.25, 0.3) is 0 Å². The van der Waals surface area contributed by atoms with Gasteiger partial charge in [-0.1, -0.05) is 12.1 Å². The first-order chi connectivity index (χ1) is 15.3. The second-order valence-electron chi connectivity index (χ2n) is 6.79. The SMILES string of the molecule is CCOc1ccc(NC(=O)CNc2ccccc2[N+](=O)[O-])cc1S(=O)(=O)N1CCOCC1. The van der Waals surface area contributed by atoms with Crippen molar-refractivity contribution in [1.29, 1.82) is 0 Å². The number of nitrogens with one attached hydrogen (secondary N) is 2. The molecule has 1 heterocycles. The summed E-state index contributed by atoms with van der Waals surface area (Å²) in [6, 6.07) is 10.3. The highest BCUT2D eigenvalue weighted by molar-refractivity contribution is 7.89. The maximum Gasteiger partial charge on any atom is 0.292 e. The Kier molecular flexibility index (Phi) is 7.62. The molecule has 0 saturated carbocycles. The number of hydrogen-bond acceptors (Lipinski definition) is 8. The Hall–Kier alpha value is -3.22. The Morgan fingerprint density at radius 2 is 1.94 bits per heavy atom. The van der Waals surface area contributed by atoms with Crippen LogP contribution in [0.15, 0.2) is 47.4 Å². The standard InChI is InChI=1S/C20H24N4O7S/c1-2-31-18-8-7-15(13-19(18)32(28,29)23-9-11-30-12-10-23)22-20(25)14-21-16-5-3-4-6-17(16)24(26)27/h3-8,13,21H,2,9-12,14H2,1H3,(H,22,25). The van der Waals surface area contributed by atoms with Crippen LogP contribution in [0.2, 0.25) is 0 Å². The van der Waals surface area contributed by atoms with Crippen LogP contribution in [0, 0.1) is 10.1 Å². The smallest absolute Gasteiger partial charge is 0.292 e. The van der Waals surface area contributed by atoms with Crippen molar-refractivity contribution >= 4 is 33.0 Å². The Labute approximate surface area is 185 Å². The fourth-order valence-corrected chi connectivity index (χ4v) is 4.72. The number of rotatable bonds is 9. The lowest BCUT2D eigenvalue weighted by molar-refractivity contribution is -0.383. The minimum Gasteiger partial charge on any atom is -0.492 e. The third-order valence-electron chi connectivity index (χ3n) is 4.66. The average Bonchev–Trinajstić information content (AvgIpc) is 2.79. The number of carbonyl (C=O) groups is 1. The number of carbonyl (C=O) groups excluding carboxylic acids is 1. The van der Waals surface area contributed by atoms with Crippen LogP contribution in [-0.2, 0) is 19.6 Å². The molecule has 0 atom stereocenters. The van der Waals surface area contributed by atoms with Gasteiger partial charge in [-0.05, 0) is 31.2 Å². The van der Waals surface area contributed by atoms with Gasteiger partial charge < -0.3 is 20.1 Å². The van der Waals surface area contributed by atoms with Crippen molar-refractivity contribution in [1.82, 2.24) is 4.31 Å². The van der Waals surface area contributed by atoms with Gasteiger partial charge in [0.05, 0.1) is 31.3 Å². The van der Waals surface area contributed by atoms with E-state index in [4.69, 9.17) is 9.47 Å². The van der Waals surface area contributed by atoms with Crippen molar-refractivity contribution in [3.63, 3.8) is 0 Å². The van der Waals surface area contributed by atoms with Crippen LogP contribution in [0.4, 0.5) is 17.1 Å². The molecule has 12 heteroatoms. The summed E-state index contributed by atoms with van der Waals surface area (Å²) in [6.45, 7) is 2.83. The van der Waals surface area contributed by atoms with Gasteiger partial charge in [-0.3, -0.25) is 14.9 Å². The molecule has 0 radical (unpaired) electrons. The summed E-state index contributed by atoms with van der Waals surface area (Å²) in [4.78, 5) is 22.9. The molecule has 0 bridgehead atoms. The van der Waals surface area contributed by atoms with E-state index in [-0.39, 0.29) is 53.9 Å². The minimum atomic E-state index is -3.86. The van der Waals surface area contributed by atoms with Gasteiger partial charge in [0.25, 0.3) is 5.69 Å². The molecule has 1 aliphatic rings. The Morgan fingerprint density at radius 3 is 2.62 bits per heavy atom. The van der Waals surface area contributed by atoms with Crippen LogP contribution in [0.1, 0.15) is 6.92 Å². The van der Waals surface area contributed by atoms with Crippen LogP contribution >= 0.6 is 0 Å². The van der Waals surface area contributed by atoms with Gasteiger partial charge in [-0.2, -0.15) is 4.31 Å². The van der Waals surface area contributed by atoms with E-state index in [0.29, 0.717) is 13.2 Å². The number of para-hydroxylation sites is 2. The molecule has 2 N–H and O–H groups in total. The summed E-state index contributed by atoms with van der Waals surface area (Å²) in [5, 5.41) is 16.4. The molecule has 0 aliphatic carbocycles. The maximum absolute atomic E-state index is 13.1. The third-order valence-corrected chi connectivity index (χ3v) is 6.58. The van der Waals surface area contributed by atoms with Gasteiger partial charge in [0, 0.05) is 24.8 Å². The number of hydrogen-bond donors (Lipinski definition) is 2. The van der Waals surface area contributed by atoms with E-state index in [1.165, 1.54) is 40.7 Å². The number of nitrogens with zero attached hydrogens (tertiary/aromatic N) is 2. The van der Waals surface area contributed by atoms with Crippen LogP contribution in [0.3, 0.4) is 0 Å². The fourth-order valence-electron chi connectivity index (χ4n) is 3.15. The largest absolute Gasteiger partial charge is 0.492 e. The van der Waals surface area contributed by atoms with Crippen molar-refractivity contribution in [3.8, 4) is 5.75 Å². The van der Waals surface area contributed by atoms with Crippen molar-refractivity contribution in [2.75, 3.05) is 50.1 Å². The number of ether oxygens (including phenoxy) is 2. The maximum atomic E-state index is 13.1. The first kappa shape index (κ1) is 23.4. The normalized spacial score (nSPS) is 14.5. The topological polar surface area (TPSA) is 140 Å². The summed E-state index contributed by atoms with van der Waals surface area (Å²) in [6.07, 6.45) is 0. The fraction of sp³-hybridized carbons (Fsp3) is 0.350. The van der Waals surface area contributed by atoms with Gasteiger partial charge in [-0.25, -0.2) is 8.42 Å². The van der Waals surface area contributed by atoms with Gasteiger partial charge in [0.15, 0.2) is 0 Å². The van der Waals surface area contributed by atoms with E-state index in [0.717, 1.165) is 0 Å². The van der Waals surface area contributed by atoms with E-state index in [9.17, 15) is 23.3 Å². The summed E-state index contributed by atoms with van der Waals surface area (Å²) in [5.41, 5.74) is 0.310. The molecule has 11 nitrogen and oxygen atoms in total. The predicted octanol–water partition coefficient (Wildman–Crippen LogP) is 2.06. The Morgan fingerprint density at radius 1 is 1.22 bits per heavy atom. The first-order valence-corrected chi connectivity index (χ1v) is 11.4. The van der Waals surface area contributed by atoms with E-state index in [2.05, 4.69) is 10.6 Å². The lowest BCUT2D eigenvalue weighted by Gasteiger charge is -2.27. The highest BCUT2D eigenvalue weighted by Gasteiger charge is 2.29. The molecular formula is C20H24N4O7S. The number of nitro groups is 1. The summed E-state index contributed by atoms with van der Waals surface area (Å²) in [5.74, 6) is -0.308. The molecule has 1 saturated heterocycles. The number of sulfonamides is 1. The second-order valence-corrected chi connectivity index (χ2v) is 8.69. The molecule has 0 aromatic heterocycles. The first-order valence-electron chi connectivity index (χ1n) is 9.95. The molecule has 1 amide bonds. The number of anilines is 2. The molecule has 3 rings (SSSR count). The zero-order valence-electron chi connectivity index (χ0n) is 17.4. The van der Waals surface area contributed by atoms with Crippen LogP contribution in [-0.4, -0.2) is 63.0 Å². The minimum absolute atomic E-state index is 0.0503. The van der Waals surface area contributed by atoms with E-state index in [1.807, 2.05) is 0 Å². The molecule has 172 valence electrons. The van der Waals surface area contributed by atoms with E-state index >= 15 is 0 Å². The predicted molar refractivity (Wildman–Crippen MR) is 117 cm³/mol. The molecule has 1 fully saturated rings. The number of nitro benzene ring substituents is 1. The molecular weight excluding hydrogens is 440 g/mol. The Bertz CT molecular complexity index is 1090. The van der Waals surface area contributed by atoms with Crippen LogP contribution in [0.5, 0.6) is 5.75 Å². The van der Waals surface area contributed by atoms with Gasteiger partial charge in [0.2, 0.25) is 15.9 Å². The lowest BCUT2D eigenvalue weighted by atomic mass is 10.2. The Balaban J connectivity index is 1.76. The molecule has 32 heavy (non-hydrogen) atoms. The zero-order valence-corrected chi connectivity index (χ0v) is 18.3. The number of benzene rings is 2. The summed E-state index contributed by atoms with van der Waals surface area (Å²) < 4.78 is 38.3. The van der Waals surface area contributed by atoms with Gasteiger partial charge >= 0.3 is 0 Å². The van der Waals surface area contributed by atoms with Crippen molar-refractivity contribution in [2.45, 2.75) is 11.8 Å². The second kappa shape index (κ2) is 10.4. The van der Waals surface area contributed by atoms with E-state index in [1.54, 1.807) is 13.0 Å². The summed E-state index contributed by atoms with van der Waals surface area (Å²) >= 11 is 0. The van der Waals surface area contributed by atoms with Crippen molar-refractivity contribution < 1.29 is 27.6 Å². The van der Waals surface area contributed by atoms with Crippen molar-refractivity contribution in [2.24, 2.45) is 0 Å². The highest BCUT2D eigenvalue weighted by atomic mass is 32.2.